The van der Waals surface area contributed by atoms with Crippen LogP contribution in [-0.2, 0) is 9.98 Å². The molecule has 2 aliphatic rings. The fraction of sp³-hybridized carbons (Fsp3) is 0.0233. The monoisotopic (exact) mass is 608 g/mol. The number of fused-ring (bicyclic) bond motifs is 9. The van der Waals surface area contributed by atoms with Crippen LogP contribution in [-0.4, -0.2) is 0 Å². The second kappa shape index (κ2) is 10.3. The minimum atomic E-state index is -3.12. The molecule has 7 aromatic carbocycles. The van der Waals surface area contributed by atoms with Crippen molar-refractivity contribution in [3.05, 3.63) is 198 Å². The molecule has 0 fully saturated rings. The molecule has 1 spiro atoms. The van der Waals surface area contributed by atoms with E-state index in [0.29, 0.717) is 0 Å². The molecule has 0 bridgehead atoms. The van der Waals surface area contributed by atoms with Gasteiger partial charge in [-0.1, -0.05) is 152 Å². The van der Waals surface area contributed by atoms with Gasteiger partial charge < -0.3 is 9.30 Å². The van der Waals surface area contributed by atoms with E-state index in [1.807, 2.05) is 84.9 Å². The van der Waals surface area contributed by atoms with Crippen molar-refractivity contribution in [1.29, 1.82) is 0 Å². The summed E-state index contributed by atoms with van der Waals surface area (Å²) in [6, 6.07) is 60.5. The van der Waals surface area contributed by atoms with Gasteiger partial charge in [-0.15, -0.1) is 0 Å². The molecule has 0 saturated heterocycles. The van der Waals surface area contributed by atoms with Gasteiger partial charge in [0.2, 0.25) is 0 Å². The first kappa shape index (κ1) is 26.9. The van der Waals surface area contributed by atoms with Crippen molar-refractivity contribution in [2.75, 3.05) is 0 Å². The second-order valence-electron chi connectivity index (χ2n) is 12.0. The molecular weight excluding hydrogens is 579 g/mol. The van der Waals surface area contributed by atoms with Gasteiger partial charge in [-0.25, -0.2) is 0 Å². The molecule has 0 saturated carbocycles. The molecule has 0 aromatic heterocycles. The van der Waals surface area contributed by atoms with E-state index in [2.05, 4.69) is 91.0 Å². The van der Waals surface area contributed by atoms with Crippen LogP contribution >= 0.6 is 7.14 Å². The van der Waals surface area contributed by atoms with Crippen LogP contribution < -0.4 is 20.7 Å². The van der Waals surface area contributed by atoms with E-state index in [1.54, 1.807) is 0 Å². The summed E-state index contributed by atoms with van der Waals surface area (Å²) in [7, 11) is -3.12. The number of hydrogen-bond donors (Lipinski definition) is 0. The Bertz CT molecular complexity index is 2240. The summed E-state index contributed by atoms with van der Waals surface area (Å²) in [6.07, 6.45) is 0. The van der Waals surface area contributed by atoms with Crippen LogP contribution in [0.4, 0.5) is 0 Å². The number of para-hydroxylation sites is 2. The van der Waals surface area contributed by atoms with Gasteiger partial charge in [-0.3, -0.25) is 0 Å². The number of benzene rings is 7. The maximum absolute atomic E-state index is 15.2. The molecule has 0 radical (unpaired) electrons. The van der Waals surface area contributed by atoms with Crippen LogP contribution in [0.2, 0.25) is 0 Å². The van der Waals surface area contributed by atoms with Crippen LogP contribution in [0.1, 0.15) is 22.3 Å². The molecule has 7 aromatic rings. The summed E-state index contributed by atoms with van der Waals surface area (Å²) in [6.45, 7) is 0. The molecule has 9 rings (SSSR count). The van der Waals surface area contributed by atoms with Crippen LogP contribution in [0.25, 0.3) is 22.3 Å². The van der Waals surface area contributed by atoms with Crippen molar-refractivity contribution in [2.24, 2.45) is 0 Å². The SMILES string of the molecule is O=P(c1ccccc1)(c1ccccc1)c1cccc(-c2ccc3c(c2)C2(c4ccccc4Oc4ccccc42)c2ccccc2-3)c1. The molecule has 0 N–H and O–H groups in total. The molecule has 1 heterocycles. The Morgan fingerprint density at radius 3 is 1.54 bits per heavy atom. The largest absolute Gasteiger partial charge is 0.457 e. The van der Waals surface area contributed by atoms with Gasteiger partial charge in [0.1, 0.15) is 11.5 Å². The Labute approximate surface area is 269 Å². The average molecular weight is 609 g/mol. The van der Waals surface area contributed by atoms with Crippen LogP contribution in [0.5, 0.6) is 11.5 Å². The van der Waals surface area contributed by atoms with Crippen LogP contribution in [0.15, 0.2) is 176 Å². The fourth-order valence-electron chi connectivity index (χ4n) is 7.64. The topological polar surface area (TPSA) is 26.3 Å². The Morgan fingerprint density at radius 2 is 0.891 bits per heavy atom. The lowest BCUT2D eigenvalue weighted by Crippen LogP contribution is -2.32. The molecule has 0 amide bonds. The number of ether oxygens (including phenoxy) is 1. The summed E-state index contributed by atoms with van der Waals surface area (Å²) in [5.41, 5.74) is 8.82. The second-order valence-corrected chi connectivity index (χ2v) is 14.7. The third kappa shape index (κ3) is 3.75. The minimum Gasteiger partial charge on any atom is -0.457 e. The molecule has 1 aliphatic carbocycles. The highest BCUT2D eigenvalue weighted by Crippen LogP contribution is 2.62. The smallest absolute Gasteiger partial charge is 0.171 e. The zero-order valence-corrected chi connectivity index (χ0v) is 25.9. The normalized spacial score (nSPS) is 13.7. The van der Waals surface area contributed by atoms with Crippen molar-refractivity contribution in [3.63, 3.8) is 0 Å². The lowest BCUT2D eigenvalue weighted by Gasteiger charge is -2.39. The van der Waals surface area contributed by atoms with Gasteiger partial charge in [0.25, 0.3) is 0 Å². The molecule has 0 unspecified atom stereocenters. The zero-order chi connectivity index (χ0) is 30.7. The molecular formula is C43H29O2P. The van der Waals surface area contributed by atoms with E-state index in [9.17, 15) is 0 Å². The van der Waals surface area contributed by atoms with Gasteiger partial charge in [0.05, 0.1) is 5.41 Å². The zero-order valence-electron chi connectivity index (χ0n) is 25.0. The molecule has 3 heteroatoms. The standard InChI is InChI=1S/C43H29O2P/c44-46(32-15-3-1-4-16-32,33-17-5-2-6-18-33)34-19-13-14-30(28-34)31-26-27-36-35-20-7-8-21-37(35)43(40(36)29-31)38-22-9-11-24-41(38)45-42-25-12-10-23-39(42)43/h1-29H. The first-order valence-corrected chi connectivity index (χ1v) is 17.3. The van der Waals surface area contributed by atoms with Gasteiger partial charge >= 0.3 is 0 Å². The van der Waals surface area contributed by atoms with Crippen LogP contribution in [0.3, 0.4) is 0 Å². The summed E-state index contributed by atoms with van der Waals surface area (Å²) in [5, 5.41) is 2.48. The predicted octanol–water partition coefficient (Wildman–Crippen LogP) is 9.46. The van der Waals surface area contributed by atoms with Gasteiger partial charge in [0, 0.05) is 27.0 Å². The van der Waals surface area contributed by atoms with Gasteiger partial charge in [-0.05, 0) is 57.6 Å². The molecule has 0 atom stereocenters. The van der Waals surface area contributed by atoms with E-state index < -0.39 is 12.6 Å². The summed E-state index contributed by atoms with van der Waals surface area (Å²) < 4.78 is 21.8. The van der Waals surface area contributed by atoms with E-state index in [-0.39, 0.29) is 0 Å². The van der Waals surface area contributed by atoms with E-state index in [4.69, 9.17) is 4.74 Å². The first-order valence-electron chi connectivity index (χ1n) is 15.6. The maximum atomic E-state index is 15.2. The Hall–Kier alpha value is -5.43. The third-order valence-corrected chi connectivity index (χ3v) is 12.7. The lowest BCUT2D eigenvalue weighted by molar-refractivity contribution is 0.436. The quantitative estimate of drug-likeness (QED) is 0.186. The maximum Gasteiger partial charge on any atom is 0.171 e. The highest BCUT2D eigenvalue weighted by molar-refractivity contribution is 7.85. The van der Waals surface area contributed by atoms with Gasteiger partial charge in [-0.2, -0.15) is 0 Å². The van der Waals surface area contributed by atoms with E-state index in [0.717, 1.165) is 49.7 Å². The Morgan fingerprint density at radius 1 is 0.391 bits per heavy atom. The fourth-order valence-corrected chi connectivity index (χ4v) is 10.3. The van der Waals surface area contributed by atoms with Crippen molar-refractivity contribution >= 4 is 23.1 Å². The number of rotatable bonds is 4. The average Bonchev–Trinajstić information content (AvgIpc) is 3.42. The number of hydrogen-bond acceptors (Lipinski definition) is 2. The van der Waals surface area contributed by atoms with Gasteiger partial charge in [0.15, 0.2) is 7.14 Å². The first-order chi connectivity index (χ1) is 22.7. The molecule has 218 valence electrons. The van der Waals surface area contributed by atoms with Crippen molar-refractivity contribution in [2.45, 2.75) is 5.41 Å². The third-order valence-electron chi connectivity index (χ3n) is 9.63. The lowest BCUT2D eigenvalue weighted by atomic mass is 9.66. The predicted molar refractivity (Wildman–Crippen MR) is 189 cm³/mol. The highest BCUT2D eigenvalue weighted by Gasteiger charge is 2.51. The van der Waals surface area contributed by atoms with E-state index in [1.165, 1.54) is 22.3 Å². The Kier molecular flexibility index (Phi) is 6.03. The summed E-state index contributed by atoms with van der Waals surface area (Å²) >= 11 is 0. The Balaban J connectivity index is 1.28. The van der Waals surface area contributed by atoms with E-state index >= 15 is 4.57 Å². The molecule has 46 heavy (non-hydrogen) atoms. The minimum absolute atomic E-state index is 0.533. The summed E-state index contributed by atoms with van der Waals surface area (Å²) in [4.78, 5) is 0. The van der Waals surface area contributed by atoms with Crippen molar-refractivity contribution in [3.8, 4) is 33.8 Å². The van der Waals surface area contributed by atoms with Crippen LogP contribution in [0, 0.1) is 0 Å². The van der Waals surface area contributed by atoms with Crippen molar-refractivity contribution < 1.29 is 9.30 Å². The molecule has 2 nitrogen and oxygen atoms in total. The summed E-state index contributed by atoms with van der Waals surface area (Å²) in [5.74, 6) is 1.76. The highest BCUT2D eigenvalue weighted by atomic mass is 31.2. The molecule has 1 aliphatic heterocycles. The van der Waals surface area contributed by atoms with Crippen molar-refractivity contribution in [1.82, 2.24) is 0 Å².